The molecule has 0 unspecified atom stereocenters. The summed E-state index contributed by atoms with van der Waals surface area (Å²) >= 11 is 0. The van der Waals surface area contributed by atoms with Crippen LogP contribution >= 0.6 is 0 Å². The first-order valence-electron chi connectivity index (χ1n) is 10.4. The third-order valence-corrected chi connectivity index (χ3v) is 4.86. The molecule has 1 saturated heterocycles. The van der Waals surface area contributed by atoms with Crippen LogP contribution < -0.4 is 0 Å². The van der Waals surface area contributed by atoms with Crippen molar-refractivity contribution in [3.05, 3.63) is 23.8 Å². The van der Waals surface area contributed by atoms with Gasteiger partial charge in [-0.15, -0.1) is 0 Å². The molecule has 3 rings (SSSR count). The van der Waals surface area contributed by atoms with Gasteiger partial charge in [0.25, 0.3) is 0 Å². The summed E-state index contributed by atoms with van der Waals surface area (Å²) in [5.41, 5.74) is 1.54. The molecule has 0 bridgehead atoms. The number of piperazine rings is 1. The lowest BCUT2D eigenvalue weighted by Gasteiger charge is -2.35. The van der Waals surface area contributed by atoms with Crippen molar-refractivity contribution in [2.75, 3.05) is 26.2 Å². The predicted molar refractivity (Wildman–Crippen MR) is 115 cm³/mol. The standard InChI is InChI=1S/C22H32N6O2/c1-21(2,3)15-28-17(11-16-13-24-18(12-23)25-19(16)28)14-26-7-9-27(10-8-26)20(29)30-22(4,5)6/h11,13H,7-10,14-15H2,1-6H3. The summed E-state index contributed by atoms with van der Waals surface area (Å²) in [6.45, 7) is 16.6. The monoisotopic (exact) mass is 412 g/mol. The maximum atomic E-state index is 12.3. The van der Waals surface area contributed by atoms with Gasteiger partial charge in [0.1, 0.15) is 17.3 Å². The normalized spacial score (nSPS) is 16.0. The molecule has 0 aliphatic carbocycles. The van der Waals surface area contributed by atoms with Gasteiger partial charge >= 0.3 is 6.09 Å². The molecular weight excluding hydrogens is 380 g/mol. The summed E-state index contributed by atoms with van der Waals surface area (Å²) in [7, 11) is 0. The molecule has 1 fully saturated rings. The van der Waals surface area contributed by atoms with Crippen LogP contribution in [0, 0.1) is 16.7 Å². The Hall–Kier alpha value is -2.66. The number of rotatable bonds is 3. The largest absolute Gasteiger partial charge is 0.444 e. The zero-order valence-electron chi connectivity index (χ0n) is 18.9. The lowest BCUT2D eigenvalue weighted by molar-refractivity contribution is 0.0137. The Balaban J connectivity index is 1.75. The van der Waals surface area contributed by atoms with Crippen molar-refractivity contribution in [3.63, 3.8) is 0 Å². The lowest BCUT2D eigenvalue weighted by atomic mass is 9.97. The van der Waals surface area contributed by atoms with E-state index in [0.29, 0.717) is 13.1 Å². The fourth-order valence-electron chi connectivity index (χ4n) is 3.57. The Morgan fingerprint density at radius 3 is 2.40 bits per heavy atom. The minimum atomic E-state index is -0.481. The molecule has 0 saturated carbocycles. The van der Waals surface area contributed by atoms with E-state index in [0.717, 1.165) is 42.9 Å². The van der Waals surface area contributed by atoms with Crippen LogP contribution in [0.5, 0.6) is 0 Å². The van der Waals surface area contributed by atoms with Crippen LogP contribution in [0.1, 0.15) is 53.1 Å². The molecule has 0 spiro atoms. The van der Waals surface area contributed by atoms with Gasteiger partial charge in [0.2, 0.25) is 5.82 Å². The van der Waals surface area contributed by atoms with Gasteiger partial charge in [-0.3, -0.25) is 4.90 Å². The van der Waals surface area contributed by atoms with Gasteiger partial charge in [-0.2, -0.15) is 5.26 Å². The highest BCUT2D eigenvalue weighted by atomic mass is 16.6. The minimum Gasteiger partial charge on any atom is -0.444 e. The SMILES string of the molecule is CC(C)(C)Cn1c(CN2CCN(C(=O)OC(C)(C)C)CC2)cc2cnc(C#N)nc21. The quantitative estimate of drug-likeness (QED) is 0.768. The molecule has 0 atom stereocenters. The topological polar surface area (TPSA) is 87.3 Å². The summed E-state index contributed by atoms with van der Waals surface area (Å²) in [6.07, 6.45) is 1.48. The van der Waals surface area contributed by atoms with Crippen molar-refractivity contribution in [1.82, 2.24) is 24.3 Å². The van der Waals surface area contributed by atoms with E-state index in [1.54, 1.807) is 11.1 Å². The number of carbonyl (C=O) groups is 1. The van der Waals surface area contributed by atoms with E-state index in [1.807, 2.05) is 26.8 Å². The number of hydrogen-bond donors (Lipinski definition) is 0. The van der Waals surface area contributed by atoms with E-state index in [-0.39, 0.29) is 17.3 Å². The first-order chi connectivity index (χ1) is 13.9. The van der Waals surface area contributed by atoms with E-state index < -0.39 is 5.60 Å². The number of nitrogens with zero attached hydrogens (tertiary/aromatic N) is 6. The van der Waals surface area contributed by atoms with Gasteiger partial charge < -0.3 is 14.2 Å². The van der Waals surface area contributed by atoms with Gasteiger partial charge in [0.05, 0.1) is 0 Å². The maximum absolute atomic E-state index is 12.3. The van der Waals surface area contributed by atoms with Crippen molar-refractivity contribution in [2.24, 2.45) is 5.41 Å². The highest BCUT2D eigenvalue weighted by molar-refractivity contribution is 5.77. The molecule has 2 aromatic rings. The maximum Gasteiger partial charge on any atom is 0.410 e. The number of fused-ring (bicyclic) bond motifs is 1. The molecule has 1 amide bonds. The zero-order valence-corrected chi connectivity index (χ0v) is 18.9. The van der Waals surface area contributed by atoms with E-state index in [9.17, 15) is 10.1 Å². The number of nitriles is 1. The smallest absolute Gasteiger partial charge is 0.410 e. The molecule has 1 aliphatic heterocycles. The Morgan fingerprint density at radius 2 is 1.83 bits per heavy atom. The van der Waals surface area contributed by atoms with Crippen LogP contribution in [0.15, 0.2) is 12.3 Å². The zero-order chi connectivity index (χ0) is 22.1. The van der Waals surface area contributed by atoms with Crippen LogP contribution in [-0.2, 0) is 17.8 Å². The fraction of sp³-hybridized carbons (Fsp3) is 0.636. The second-order valence-corrected chi connectivity index (χ2v) is 10.1. The van der Waals surface area contributed by atoms with Gasteiger partial charge in [-0.25, -0.2) is 14.8 Å². The molecule has 1 aliphatic rings. The highest BCUT2D eigenvalue weighted by Crippen LogP contribution is 2.25. The molecule has 2 aromatic heterocycles. The average Bonchev–Trinajstić information content (AvgIpc) is 2.95. The molecule has 30 heavy (non-hydrogen) atoms. The van der Waals surface area contributed by atoms with E-state index in [2.05, 4.69) is 46.3 Å². The van der Waals surface area contributed by atoms with E-state index in [4.69, 9.17) is 4.74 Å². The molecule has 0 aromatic carbocycles. The summed E-state index contributed by atoms with van der Waals surface area (Å²) in [4.78, 5) is 25.0. The molecule has 0 N–H and O–H groups in total. The van der Waals surface area contributed by atoms with E-state index >= 15 is 0 Å². The van der Waals surface area contributed by atoms with Crippen LogP contribution in [0.4, 0.5) is 4.79 Å². The molecular formula is C22H32N6O2. The summed E-state index contributed by atoms with van der Waals surface area (Å²) in [5.74, 6) is 0.188. The van der Waals surface area contributed by atoms with Crippen molar-refractivity contribution < 1.29 is 9.53 Å². The van der Waals surface area contributed by atoms with Crippen molar-refractivity contribution >= 4 is 17.1 Å². The predicted octanol–water partition coefficient (Wildman–Crippen LogP) is 3.40. The number of ether oxygens (including phenoxy) is 1. The number of hydrogen-bond acceptors (Lipinski definition) is 6. The number of carbonyl (C=O) groups excluding carboxylic acids is 1. The summed E-state index contributed by atoms with van der Waals surface area (Å²) < 4.78 is 7.70. The minimum absolute atomic E-state index is 0.0634. The fourth-order valence-corrected chi connectivity index (χ4v) is 3.57. The molecule has 162 valence electrons. The molecule has 0 radical (unpaired) electrons. The first-order valence-corrected chi connectivity index (χ1v) is 10.4. The van der Waals surface area contributed by atoms with Crippen LogP contribution in [0.2, 0.25) is 0 Å². The van der Waals surface area contributed by atoms with Crippen molar-refractivity contribution in [3.8, 4) is 6.07 Å². The van der Waals surface area contributed by atoms with Gasteiger partial charge in [-0.1, -0.05) is 20.8 Å². The third-order valence-electron chi connectivity index (χ3n) is 4.86. The van der Waals surface area contributed by atoms with E-state index in [1.165, 1.54) is 0 Å². The summed E-state index contributed by atoms with van der Waals surface area (Å²) in [5, 5.41) is 10.1. The first kappa shape index (κ1) is 22.0. The Morgan fingerprint density at radius 1 is 1.17 bits per heavy atom. The molecule has 3 heterocycles. The molecule has 8 heteroatoms. The third kappa shape index (κ3) is 5.48. The lowest BCUT2D eigenvalue weighted by Crippen LogP contribution is -2.49. The Bertz CT molecular complexity index is 953. The second kappa shape index (κ2) is 8.23. The van der Waals surface area contributed by atoms with Crippen LogP contribution in [0.3, 0.4) is 0 Å². The number of aromatic nitrogens is 3. The second-order valence-electron chi connectivity index (χ2n) is 10.1. The van der Waals surface area contributed by atoms with Crippen LogP contribution in [0.25, 0.3) is 11.0 Å². The molecule has 8 nitrogen and oxygen atoms in total. The van der Waals surface area contributed by atoms with Crippen LogP contribution in [-0.4, -0.2) is 62.2 Å². The Labute approximate surface area is 178 Å². The average molecular weight is 413 g/mol. The summed E-state index contributed by atoms with van der Waals surface area (Å²) in [6, 6.07) is 4.15. The van der Waals surface area contributed by atoms with Crippen molar-refractivity contribution in [2.45, 2.75) is 60.2 Å². The van der Waals surface area contributed by atoms with Gasteiger partial charge in [0.15, 0.2) is 0 Å². The number of amides is 1. The van der Waals surface area contributed by atoms with Crippen molar-refractivity contribution in [1.29, 1.82) is 5.26 Å². The highest BCUT2D eigenvalue weighted by Gasteiger charge is 2.27. The van der Waals surface area contributed by atoms with Gasteiger partial charge in [0, 0.05) is 56.5 Å². The van der Waals surface area contributed by atoms with Gasteiger partial charge in [-0.05, 0) is 32.3 Å². The Kier molecular flexibility index (Phi) is 6.04.